The largest absolute Gasteiger partial charge is 0.262 e. The second kappa shape index (κ2) is 4.62. The summed E-state index contributed by atoms with van der Waals surface area (Å²) in [7, 11) is 0. The van der Waals surface area contributed by atoms with Gasteiger partial charge in [0, 0.05) is 5.41 Å². The molecule has 17 heavy (non-hydrogen) atoms. The molecule has 0 radical (unpaired) electrons. The first kappa shape index (κ1) is 12.3. The van der Waals surface area contributed by atoms with Gasteiger partial charge in [0.15, 0.2) is 5.16 Å². The SMILES string of the molecule is CC(C)(C)c1nc(Sc2ncc(Cl)cn2)n[nH]1. The van der Waals surface area contributed by atoms with E-state index in [1.807, 2.05) is 0 Å². The molecule has 2 rings (SSSR count). The number of H-pyrrole nitrogens is 1. The summed E-state index contributed by atoms with van der Waals surface area (Å²) < 4.78 is 0. The number of hydrogen-bond acceptors (Lipinski definition) is 5. The number of nitrogens with zero attached hydrogens (tertiary/aromatic N) is 4. The van der Waals surface area contributed by atoms with Crippen molar-refractivity contribution in [2.75, 3.05) is 0 Å². The van der Waals surface area contributed by atoms with Gasteiger partial charge in [0.2, 0.25) is 5.16 Å². The van der Waals surface area contributed by atoms with Crippen LogP contribution >= 0.6 is 23.4 Å². The fourth-order valence-electron chi connectivity index (χ4n) is 1.06. The molecule has 0 aliphatic heterocycles. The van der Waals surface area contributed by atoms with Gasteiger partial charge < -0.3 is 0 Å². The maximum atomic E-state index is 5.71. The Kier molecular flexibility index (Phi) is 3.35. The molecule has 0 atom stereocenters. The molecule has 7 heteroatoms. The van der Waals surface area contributed by atoms with E-state index in [9.17, 15) is 0 Å². The van der Waals surface area contributed by atoms with E-state index in [1.54, 1.807) is 12.4 Å². The number of aromatic amines is 1. The van der Waals surface area contributed by atoms with Crippen LogP contribution in [0.3, 0.4) is 0 Å². The second-order valence-electron chi connectivity index (χ2n) is 4.50. The van der Waals surface area contributed by atoms with Crippen LogP contribution in [0.5, 0.6) is 0 Å². The molecule has 2 aromatic heterocycles. The number of nitrogens with one attached hydrogen (secondary N) is 1. The molecule has 0 aliphatic carbocycles. The van der Waals surface area contributed by atoms with Crippen molar-refractivity contribution in [3.05, 3.63) is 23.2 Å². The third kappa shape index (κ3) is 3.17. The van der Waals surface area contributed by atoms with Gasteiger partial charge in [-0.2, -0.15) is 0 Å². The Morgan fingerprint density at radius 1 is 1.18 bits per heavy atom. The van der Waals surface area contributed by atoms with Gasteiger partial charge in [-0.15, -0.1) is 5.10 Å². The van der Waals surface area contributed by atoms with Crippen LogP contribution in [-0.2, 0) is 5.41 Å². The molecule has 0 aromatic carbocycles. The van der Waals surface area contributed by atoms with Crippen LogP contribution in [0.2, 0.25) is 5.02 Å². The molecule has 0 aliphatic rings. The van der Waals surface area contributed by atoms with Gasteiger partial charge in [-0.3, -0.25) is 5.10 Å². The lowest BCUT2D eigenvalue weighted by Gasteiger charge is -2.12. The first-order valence-corrected chi connectivity index (χ1v) is 6.23. The van der Waals surface area contributed by atoms with E-state index in [2.05, 4.69) is 45.9 Å². The Balaban J connectivity index is 2.14. The molecular weight excluding hydrogens is 258 g/mol. The fourth-order valence-corrected chi connectivity index (χ4v) is 1.76. The third-order valence-corrected chi connectivity index (χ3v) is 2.91. The zero-order valence-electron chi connectivity index (χ0n) is 9.73. The van der Waals surface area contributed by atoms with Crippen molar-refractivity contribution in [1.29, 1.82) is 0 Å². The third-order valence-electron chi connectivity index (χ3n) is 1.95. The van der Waals surface area contributed by atoms with Crippen LogP contribution in [-0.4, -0.2) is 25.1 Å². The minimum atomic E-state index is -0.0489. The smallest absolute Gasteiger partial charge is 0.216 e. The molecule has 2 aromatic rings. The standard InChI is InChI=1S/C10H12ClN5S/c1-10(2,3)7-14-9(16-15-7)17-8-12-4-6(11)5-13-8/h4-5H,1-3H3,(H,14,15,16). The van der Waals surface area contributed by atoms with Gasteiger partial charge in [0.1, 0.15) is 5.82 Å². The highest BCUT2D eigenvalue weighted by Gasteiger charge is 2.19. The topological polar surface area (TPSA) is 67.3 Å². The summed E-state index contributed by atoms with van der Waals surface area (Å²) in [5.41, 5.74) is -0.0489. The van der Waals surface area contributed by atoms with Crippen molar-refractivity contribution in [2.45, 2.75) is 36.5 Å². The Bertz CT molecular complexity index is 502. The zero-order valence-corrected chi connectivity index (χ0v) is 11.3. The fraction of sp³-hybridized carbons (Fsp3) is 0.400. The van der Waals surface area contributed by atoms with Crippen molar-refractivity contribution >= 4 is 23.4 Å². The molecule has 1 N–H and O–H groups in total. The average molecular weight is 270 g/mol. The van der Waals surface area contributed by atoms with Crippen molar-refractivity contribution < 1.29 is 0 Å². The summed E-state index contributed by atoms with van der Waals surface area (Å²) in [4.78, 5) is 12.5. The van der Waals surface area contributed by atoms with Gasteiger partial charge in [0.05, 0.1) is 17.4 Å². The Morgan fingerprint density at radius 2 is 1.82 bits per heavy atom. The van der Waals surface area contributed by atoms with Gasteiger partial charge in [-0.1, -0.05) is 32.4 Å². The average Bonchev–Trinajstić information content (AvgIpc) is 2.69. The van der Waals surface area contributed by atoms with E-state index in [-0.39, 0.29) is 5.41 Å². The summed E-state index contributed by atoms with van der Waals surface area (Å²) in [6.07, 6.45) is 3.10. The summed E-state index contributed by atoms with van der Waals surface area (Å²) >= 11 is 7.01. The quantitative estimate of drug-likeness (QED) is 0.849. The Morgan fingerprint density at radius 3 is 2.35 bits per heavy atom. The molecular formula is C10H12ClN5S. The lowest BCUT2D eigenvalue weighted by molar-refractivity contribution is 0.547. The first-order chi connectivity index (χ1) is 7.95. The highest BCUT2D eigenvalue weighted by Crippen LogP contribution is 2.24. The first-order valence-electron chi connectivity index (χ1n) is 5.03. The van der Waals surface area contributed by atoms with Crippen molar-refractivity contribution in [3.63, 3.8) is 0 Å². The van der Waals surface area contributed by atoms with Gasteiger partial charge >= 0.3 is 0 Å². The van der Waals surface area contributed by atoms with Gasteiger partial charge in [0.25, 0.3) is 0 Å². The lowest BCUT2D eigenvalue weighted by Crippen LogP contribution is -2.13. The molecule has 2 heterocycles. The molecule has 0 bridgehead atoms. The molecule has 0 saturated carbocycles. The van der Waals surface area contributed by atoms with E-state index in [0.29, 0.717) is 15.3 Å². The number of aromatic nitrogens is 5. The second-order valence-corrected chi connectivity index (χ2v) is 5.87. The van der Waals surface area contributed by atoms with Crippen molar-refractivity contribution in [2.24, 2.45) is 0 Å². The number of rotatable bonds is 2. The van der Waals surface area contributed by atoms with Crippen LogP contribution in [0.15, 0.2) is 22.7 Å². The van der Waals surface area contributed by atoms with E-state index < -0.39 is 0 Å². The van der Waals surface area contributed by atoms with Crippen LogP contribution in [0.25, 0.3) is 0 Å². The minimum Gasteiger partial charge on any atom is -0.262 e. The van der Waals surface area contributed by atoms with Gasteiger partial charge in [-0.25, -0.2) is 15.0 Å². The molecule has 0 amide bonds. The van der Waals surface area contributed by atoms with Crippen LogP contribution in [0.1, 0.15) is 26.6 Å². The summed E-state index contributed by atoms with van der Waals surface area (Å²) in [5.74, 6) is 0.842. The summed E-state index contributed by atoms with van der Waals surface area (Å²) in [6, 6.07) is 0. The van der Waals surface area contributed by atoms with Crippen LogP contribution in [0, 0.1) is 0 Å². The maximum absolute atomic E-state index is 5.71. The van der Waals surface area contributed by atoms with Gasteiger partial charge in [-0.05, 0) is 11.8 Å². The lowest BCUT2D eigenvalue weighted by atomic mass is 9.96. The monoisotopic (exact) mass is 269 g/mol. The molecule has 5 nitrogen and oxygen atoms in total. The molecule has 0 saturated heterocycles. The molecule has 0 unspecified atom stereocenters. The van der Waals surface area contributed by atoms with Crippen LogP contribution in [0.4, 0.5) is 0 Å². The molecule has 0 spiro atoms. The van der Waals surface area contributed by atoms with Crippen LogP contribution < -0.4 is 0 Å². The maximum Gasteiger partial charge on any atom is 0.216 e. The highest BCUT2D eigenvalue weighted by atomic mass is 35.5. The molecule has 0 fully saturated rings. The number of hydrogen-bond donors (Lipinski definition) is 1. The summed E-state index contributed by atoms with van der Waals surface area (Å²) in [6.45, 7) is 6.21. The normalized spacial score (nSPS) is 11.8. The van der Waals surface area contributed by atoms with E-state index in [4.69, 9.17) is 11.6 Å². The van der Waals surface area contributed by atoms with E-state index in [0.717, 1.165) is 5.82 Å². The Hall–Kier alpha value is -1.14. The molecule has 90 valence electrons. The predicted molar refractivity (Wildman–Crippen MR) is 66.2 cm³/mol. The zero-order chi connectivity index (χ0) is 12.5. The predicted octanol–water partition coefficient (Wildman–Crippen LogP) is 2.70. The van der Waals surface area contributed by atoms with Crippen molar-refractivity contribution in [1.82, 2.24) is 25.1 Å². The Labute approximate surface area is 108 Å². The van der Waals surface area contributed by atoms with E-state index in [1.165, 1.54) is 11.8 Å². The number of halogens is 1. The highest BCUT2D eigenvalue weighted by molar-refractivity contribution is 7.99. The summed E-state index contributed by atoms with van der Waals surface area (Å²) in [5, 5.41) is 8.73. The van der Waals surface area contributed by atoms with E-state index >= 15 is 0 Å². The van der Waals surface area contributed by atoms with Crippen molar-refractivity contribution in [3.8, 4) is 0 Å². The minimum absolute atomic E-state index is 0.0489.